The summed E-state index contributed by atoms with van der Waals surface area (Å²) in [6.07, 6.45) is 0.948. The molecule has 120 valence electrons. The largest absolute Gasteiger partial charge is 0.381 e. The molecular weight excluding hydrogens is 284 g/mol. The van der Waals surface area contributed by atoms with Crippen molar-refractivity contribution >= 4 is 5.57 Å². The van der Waals surface area contributed by atoms with Crippen LogP contribution < -0.4 is 0 Å². The van der Waals surface area contributed by atoms with Crippen LogP contribution in [0.5, 0.6) is 0 Å². The molecule has 2 aromatic carbocycles. The fraction of sp³-hybridized carbons (Fsp3) is 0.333. The maximum absolute atomic E-state index is 6.11. The van der Waals surface area contributed by atoms with Crippen molar-refractivity contribution in [2.45, 2.75) is 26.4 Å². The molecule has 2 heteroatoms. The van der Waals surface area contributed by atoms with Gasteiger partial charge in [-0.25, -0.2) is 0 Å². The molecule has 1 atom stereocenters. The molecule has 0 bridgehead atoms. The molecule has 0 saturated carbocycles. The zero-order chi connectivity index (χ0) is 16.1. The van der Waals surface area contributed by atoms with Crippen molar-refractivity contribution in [3.8, 4) is 0 Å². The number of benzene rings is 2. The number of hydrogen-bond donors (Lipinski definition) is 0. The zero-order valence-electron chi connectivity index (χ0n) is 13.9. The van der Waals surface area contributed by atoms with Gasteiger partial charge in [0.15, 0.2) is 0 Å². The van der Waals surface area contributed by atoms with E-state index in [9.17, 15) is 0 Å². The second-order valence-corrected chi connectivity index (χ2v) is 5.64. The SMILES string of the molecule is CCOCCC1=C(c2ccccc2)c2ccccc2C1OCC. The van der Waals surface area contributed by atoms with Crippen LogP contribution in [-0.2, 0) is 9.47 Å². The molecule has 2 nitrogen and oxygen atoms in total. The predicted octanol–water partition coefficient (Wildman–Crippen LogP) is 5.01. The van der Waals surface area contributed by atoms with Crippen molar-refractivity contribution in [2.24, 2.45) is 0 Å². The highest BCUT2D eigenvalue weighted by molar-refractivity contribution is 5.88. The summed E-state index contributed by atoms with van der Waals surface area (Å²) in [4.78, 5) is 0. The first kappa shape index (κ1) is 16.0. The van der Waals surface area contributed by atoms with Crippen LogP contribution in [0.1, 0.15) is 43.1 Å². The molecule has 1 aliphatic rings. The molecular formula is C21H24O2. The molecule has 0 spiro atoms. The summed E-state index contributed by atoms with van der Waals surface area (Å²) in [5.41, 5.74) is 6.49. The van der Waals surface area contributed by atoms with Gasteiger partial charge in [-0.2, -0.15) is 0 Å². The molecule has 23 heavy (non-hydrogen) atoms. The van der Waals surface area contributed by atoms with Crippen LogP contribution in [0, 0.1) is 0 Å². The highest BCUT2D eigenvalue weighted by Gasteiger charge is 2.31. The van der Waals surface area contributed by atoms with Gasteiger partial charge in [0, 0.05) is 13.2 Å². The minimum Gasteiger partial charge on any atom is -0.381 e. The van der Waals surface area contributed by atoms with Crippen molar-refractivity contribution in [3.05, 3.63) is 76.9 Å². The highest BCUT2D eigenvalue weighted by atomic mass is 16.5. The Kier molecular flexibility index (Phi) is 5.27. The lowest BCUT2D eigenvalue weighted by Gasteiger charge is -2.17. The van der Waals surface area contributed by atoms with Crippen LogP contribution in [0.3, 0.4) is 0 Å². The summed E-state index contributed by atoms with van der Waals surface area (Å²) in [5, 5.41) is 0. The van der Waals surface area contributed by atoms with Gasteiger partial charge in [-0.05, 0) is 48.1 Å². The fourth-order valence-corrected chi connectivity index (χ4v) is 3.33. The molecule has 0 aliphatic heterocycles. The lowest BCUT2D eigenvalue weighted by atomic mass is 9.96. The van der Waals surface area contributed by atoms with E-state index in [4.69, 9.17) is 9.47 Å². The third-order valence-electron chi connectivity index (χ3n) is 4.27. The van der Waals surface area contributed by atoms with E-state index in [-0.39, 0.29) is 6.10 Å². The molecule has 0 fully saturated rings. The smallest absolute Gasteiger partial charge is 0.105 e. The Morgan fingerprint density at radius 1 is 0.870 bits per heavy atom. The normalized spacial score (nSPS) is 16.7. The standard InChI is InChI=1S/C21H24O2/c1-3-22-15-14-19-20(16-10-6-5-7-11-16)17-12-8-9-13-18(17)21(19)23-4-2/h5-13,21H,3-4,14-15H2,1-2H3. The molecule has 0 N–H and O–H groups in total. The maximum Gasteiger partial charge on any atom is 0.105 e. The van der Waals surface area contributed by atoms with Gasteiger partial charge < -0.3 is 9.47 Å². The summed E-state index contributed by atoms with van der Waals surface area (Å²) < 4.78 is 11.7. The summed E-state index contributed by atoms with van der Waals surface area (Å²) >= 11 is 0. The molecule has 1 unspecified atom stereocenters. The van der Waals surface area contributed by atoms with Gasteiger partial charge in [-0.1, -0.05) is 54.6 Å². The lowest BCUT2D eigenvalue weighted by Crippen LogP contribution is -2.07. The van der Waals surface area contributed by atoms with Crippen LogP contribution in [0.2, 0.25) is 0 Å². The van der Waals surface area contributed by atoms with Crippen molar-refractivity contribution < 1.29 is 9.47 Å². The van der Waals surface area contributed by atoms with Crippen molar-refractivity contribution in [1.82, 2.24) is 0 Å². The van der Waals surface area contributed by atoms with Crippen LogP contribution in [0.15, 0.2) is 60.2 Å². The van der Waals surface area contributed by atoms with Crippen molar-refractivity contribution in [3.63, 3.8) is 0 Å². The number of rotatable bonds is 7. The zero-order valence-corrected chi connectivity index (χ0v) is 13.9. The minimum absolute atomic E-state index is 0.0480. The average molecular weight is 308 g/mol. The summed E-state index contributed by atoms with van der Waals surface area (Å²) in [7, 11) is 0. The summed E-state index contributed by atoms with van der Waals surface area (Å²) in [6.45, 7) is 6.29. The third-order valence-corrected chi connectivity index (χ3v) is 4.27. The fourth-order valence-electron chi connectivity index (χ4n) is 3.33. The van der Waals surface area contributed by atoms with E-state index in [2.05, 4.69) is 61.5 Å². The third kappa shape index (κ3) is 3.24. The first-order valence-corrected chi connectivity index (χ1v) is 8.43. The Morgan fingerprint density at radius 2 is 1.61 bits per heavy atom. The predicted molar refractivity (Wildman–Crippen MR) is 94.4 cm³/mol. The van der Waals surface area contributed by atoms with Crippen LogP contribution in [0.4, 0.5) is 0 Å². The monoisotopic (exact) mass is 308 g/mol. The first-order valence-electron chi connectivity index (χ1n) is 8.43. The molecule has 0 aromatic heterocycles. The Bertz CT molecular complexity index is 673. The number of hydrogen-bond acceptors (Lipinski definition) is 2. The Hall–Kier alpha value is -1.90. The highest BCUT2D eigenvalue weighted by Crippen LogP contribution is 2.46. The topological polar surface area (TPSA) is 18.5 Å². The van der Waals surface area contributed by atoms with Gasteiger partial charge in [0.25, 0.3) is 0 Å². The van der Waals surface area contributed by atoms with E-state index >= 15 is 0 Å². The quantitative estimate of drug-likeness (QED) is 0.670. The molecule has 0 radical (unpaired) electrons. The second kappa shape index (κ2) is 7.58. The lowest BCUT2D eigenvalue weighted by molar-refractivity contribution is 0.0819. The van der Waals surface area contributed by atoms with Gasteiger partial charge >= 0.3 is 0 Å². The van der Waals surface area contributed by atoms with Gasteiger partial charge in [-0.15, -0.1) is 0 Å². The van der Waals surface area contributed by atoms with Gasteiger partial charge in [0.05, 0.1) is 6.61 Å². The van der Waals surface area contributed by atoms with E-state index in [1.165, 1.54) is 27.8 Å². The van der Waals surface area contributed by atoms with E-state index in [1.54, 1.807) is 0 Å². The Labute approximate surface area is 138 Å². The molecule has 3 rings (SSSR count). The van der Waals surface area contributed by atoms with Crippen molar-refractivity contribution in [2.75, 3.05) is 19.8 Å². The van der Waals surface area contributed by atoms with Crippen molar-refractivity contribution in [1.29, 1.82) is 0 Å². The Balaban J connectivity index is 2.08. The van der Waals surface area contributed by atoms with E-state index in [0.29, 0.717) is 6.61 Å². The van der Waals surface area contributed by atoms with E-state index < -0.39 is 0 Å². The second-order valence-electron chi connectivity index (χ2n) is 5.64. The van der Waals surface area contributed by atoms with E-state index in [1.807, 2.05) is 6.92 Å². The Morgan fingerprint density at radius 3 is 2.35 bits per heavy atom. The molecule has 0 amide bonds. The minimum atomic E-state index is 0.0480. The van der Waals surface area contributed by atoms with Gasteiger partial charge in [-0.3, -0.25) is 0 Å². The van der Waals surface area contributed by atoms with Crippen LogP contribution in [0.25, 0.3) is 5.57 Å². The average Bonchev–Trinajstić information content (AvgIpc) is 2.90. The van der Waals surface area contributed by atoms with Crippen LogP contribution >= 0.6 is 0 Å². The number of fused-ring (bicyclic) bond motifs is 1. The van der Waals surface area contributed by atoms with E-state index in [0.717, 1.165) is 19.6 Å². The van der Waals surface area contributed by atoms with Gasteiger partial charge in [0.2, 0.25) is 0 Å². The molecule has 0 saturated heterocycles. The van der Waals surface area contributed by atoms with Gasteiger partial charge in [0.1, 0.15) is 6.10 Å². The molecule has 1 aliphatic carbocycles. The summed E-state index contributed by atoms with van der Waals surface area (Å²) in [6, 6.07) is 19.2. The number of ether oxygens (including phenoxy) is 2. The molecule has 0 heterocycles. The molecule has 2 aromatic rings. The summed E-state index contributed by atoms with van der Waals surface area (Å²) in [5.74, 6) is 0. The van der Waals surface area contributed by atoms with Crippen LogP contribution in [-0.4, -0.2) is 19.8 Å². The first-order chi connectivity index (χ1) is 11.4. The maximum atomic E-state index is 6.11.